The minimum absolute atomic E-state index is 0.208. The van der Waals surface area contributed by atoms with E-state index >= 15 is 0 Å². The van der Waals surface area contributed by atoms with Gasteiger partial charge >= 0.3 is 0 Å². The van der Waals surface area contributed by atoms with Gasteiger partial charge in [-0.1, -0.05) is 26.0 Å². The molecule has 0 aliphatic heterocycles. The molecule has 0 radical (unpaired) electrons. The number of rotatable bonds is 2. The predicted molar refractivity (Wildman–Crippen MR) is 74.8 cm³/mol. The summed E-state index contributed by atoms with van der Waals surface area (Å²) >= 11 is 0. The summed E-state index contributed by atoms with van der Waals surface area (Å²) in [5.74, 6) is 1.36. The molecule has 0 bridgehead atoms. The zero-order valence-corrected chi connectivity index (χ0v) is 11.5. The van der Waals surface area contributed by atoms with E-state index in [1.54, 1.807) is 12.1 Å². The van der Waals surface area contributed by atoms with E-state index in [2.05, 4.69) is 19.2 Å². The fourth-order valence-corrected chi connectivity index (χ4v) is 3.47. The Hall–Kier alpha value is -1.77. The number of hydrogen-bond donors (Lipinski definition) is 2. The number of phenolic OH excluding ortho intramolecular Hbond substituents is 1. The van der Waals surface area contributed by atoms with Crippen LogP contribution in [0.15, 0.2) is 35.5 Å². The van der Waals surface area contributed by atoms with E-state index in [4.69, 9.17) is 0 Å². The molecule has 0 saturated heterocycles. The minimum atomic E-state index is 0.208. The maximum absolute atomic E-state index is 12.1. The summed E-state index contributed by atoms with van der Waals surface area (Å²) in [5, 5.41) is 13.0. The fourth-order valence-electron chi connectivity index (χ4n) is 3.47. The van der Waals surface area contributed by atoms with Crippen molar-refractivity contribution in [1.82, 2.24) is 0 Å². The summed E-state index contributed by atoms with van der Waals surface area (Å²) in [4.78, 5) is 12.1. The van der Waals surface area contributed by atoms with Crippen molar-refractivity contribution in [3.63, 3.8) is 0 Å². The van der Waals surface area contributed by atoms with E-state index in [0.717, 1.165) is 11.3 Å². The quantitative estimate of drug-likeness (QED) is 0.631. The topological polar surface area (TPSA) is 49.3 Å². The molecule has 0 aromatic heterocycles. The largest absolute Gasteiger partial charge is 0.506 e. The highest BCUT2D eigenvalue weighted by molar-refractivity contribution is 6.01. The number of hydrogen-bond acceptors (Lipinski definition) is 3. The molecule has 3 nitrogen and oxygen atoms in total. The van der Waals surface area contributed by atoms with E-state index < -0.39 is 0 Å². The Balaban J connectivity index is 1.91. The Morgan fingerprint density at radius 2 is 2.05 bits per heavy atom. The first-order chi connectivity index (χ1) is 8.93. The molecule has 0 spiro atoms. The summed E-state index contributed by atoms with van der Waals surface area (Å²) in [7, 11) is 0. The third kappa shape index (κ3) is 1.76. The first kappa shape index (κ1) is 12.3. The number of Topliss-reactive ketones (excluding diaryl/α,β-unsaturated/α-hetero) is 1. The van der Waals surface area contributed by atoms with E-state index in [1.165, 1.54) is 0 Å². The van der Waals surface area contributed by atoms with Crippen molar-refractivity contribution in [2.75, 3.05) is 5.32 Å². The lowest BCUT2D eigenvalue weighted by Crippen LogP contribution is -2.12. The molecule has 3 rings (SSSR count). The molecule has 2 saturated carbocycles. The van der Waals surface area contributed by atoms with Crippen molar-refractivity contribution in [3.8, 4) is 5.75 Å². The lowest BCUT2D eigenvalue weighted by Gasteiger charge is -2.15. The molecular formula is C16H19NO2. The highest BCUT2D eigenvalue weighted by atomic mass is 16.3. The van der Waals surface area contributed by atoms with Gasteiger partial charge in [0.1, 0.15) is 5.75 Å². The Bertz CT molecular complexity index is 586. The third-order valence-electron chi connectivity index (χ3n) is 4.70. The molecule has 0 amide bonds. The molecule has 0 heterocycles. The number of para-hydroxylation sites is 2. The second-order valence-electron chi connectivity index (χ2n) is 6.21. The summed E-state index contributed by atoms with van der Waals surface area (Å²) in [5.41, 5.74) is 2.72. The maximum atomic E-state index is 12.1. The van der Waals surface area contributed by atoms with Crippen molar-refractivity contribution < 1.29 is 9.90 Å². The van der Waals surface area contributed by atoms with Crippen LogP contribution in [0.5, 0.6) is 5.75 Å². The highest BCUT2D eigenvalue weighted by Gasteiger charge is 2.65. The molecule has 100 valence electrons. The van der Waals surface area contributed by atoms with Gasteiger partial charge in [0.25, 0.3) is 0 Å². The van der Waals surface area contributed by atoms with Gasteiger partial charge < -0.3 is 10.4 Å². The molecule has 2 N–H and O–H groups in total. The van der Waals surface area contributed by atoms with E-state index in [9.17, 15) is 9.90 Å². The zero-order chi connectivity index (χ0) is 13.8. The number of carbonyl (C=O) groups excluding carboxylic acids is 1. The Kier molecular flexibility index (Phi) is 2.49. The minimum Gasteiger partial charge on any atom is -0.506 e. The van der Waals surface area contributed by atoms with Gasteiger partial charge in [0.2, 0.25) is 0 Å². The maximum Gasteiger partial charge on any atom is 0.161 e. The van der Waals surface area contributed by atoms with Gasteiger partial charge in [0.15, 0.2) is 5.78 Å². The molecule has 2 aliphatic rings. The zero-order valence-electron chi connectivity index (χ0n) is 11.5. The van der Waals surface area contributed by atoms with Crippen LogP contribution in [-0.2, 0) is 4.79 Å². The van der Waals surface area contributed by atoms with Crippen LogP contribution in [0, 0.1) is 17.3 Å². The van der Waals surface area contributed by atoms with E-state index in [0.29, 0.717) is 23.9 Å². The number of phenols is 1. The van der Waals surface area contributed by atoms with Gasteiger partial charge in [-0.2, -0.15) is 0 Å². The number of aromatic hydroxyl groups is 1. The number of anilines is 1. The molecule has 2 aliphatic carbocycles. The fraction of sp³-hybridized carbons (Fsp3) is 0.438. The summed E-state index contributed by atoms with van der Waals surface area (Å²) in [6.45, 7) is 6.38. The lowest BCUT2D eigenvalue weighted by atomic mass is 9.95. The predicted octanol–water partition coefficient (Wildman–Crippen LogP) is 3.32. The normalized spacial score (nSPS) is 29.9. The Morgan fingerprint density at radius 1 is 1.37 bits per heavy atom. The number of nitrogens with one attached hydrogen (secondary N) is 1. The molecule has 2 fully saturated rings. The molecule has 19 heavy (non-hydrogen) atoms. The second kappa shape index (κ2) is 3.86. The number of carbonyl (C=O) groups is 1. The van der Waals surface area contributed by atoms with Gasteiger partial charge in [0, 0.05) is 17.7 Å². The molecule has 3 heteroatoms. The van der Waals surface area contributed by atoms with Gasteiger partial charge in [-0.15, -0.1) is 0 Å². The van der Waals surface area contributed by atoms with Crippen LogP contribution in [0.3, 0.4) is 0 Å². The number of fused-ring (bicyclic) bond motifs is 1. The average Bonchev–Trinajstić information content (AvgIpc) is 2.72. The van der Waals surface area contributed by atoms with E-state index in [-0.39, 0.29) is 16.9 Å². The summed E-state index contributed by atoms with van der Waals surface area (Å²) in [6, 6.07) is 7.10. The van der Waals surface area contributed by atoms with Gasteiger partial charge in [-0.05, 0) is 36.3 Å². The first-order valence-corrected chi connectivity index (χ1v) is 6.72. The third-order valence-corrected chi connectivity index (χ3v) is 4.70. The van der Waals surface area contributed by atoms with Crippen LogP contribution in [0.4, 0.5) is 5.69 Å². The van der Waals surface area contributed by atoms with Crippen LogP contribution in [-0.4, -0.2) is 10.9 Å². The Morgan fingerprint density at radius 3 is 2.68 bits per heavy atom. The van der Waals surface area contributed by atoms with E-state index in [1.807, 2.05) is 19.1 Å². The van der Waals surface area contributed by atoms with Gasteiger partial charge in [-0.3, -0.25) is 4.79 Å². The first-order valence-electron chi connectivity index (χ1n) is 6.72. The van der Waals surface area contributed by atoms with Crippen molar-refractivity contribution in [2.45, 2.75) is 27.2 Å². The van der Waals surface area contributed by atoms with Gasteiger partial charge in [-0.25, -0.2) is 0 Å². The highest BCUT2D eigenvalue weighted by Crippen LogP contribution is 2.68. The van der Waals surface area contributed by atoms with Gasteiger partial charge in [0.05, 0.1) is 5.69 Å². The molecule has 1 aromatic carbocycles. The van der Waals surface area contributed by atoms with Crippen molar-refractivity contribution in [2.24, 2.45) is 17.3 Å². The van der Waals surface area contributed by atoms with Crippen molar-refractivity contribution >= 4 is 11.5 Å². The average molecular weight is 257 g/mol. The SMILES string of the molecule is C/C(Nc1ccccc1O)=C1\C(=O)C[C@H]2[C@@H]1C2(C)C. The number of allylic oxidation sites excluding steroid dienone is 2. The van der Waals surface area contributed by atoms with Crippen LogP contribution >= 0.6 is 0 Å². The summed E-state index contributed by atoms with van der Waals surface area (Å²) < 4.78 is 0. The van der Waals surface area contributed by atoms with Crippen LogP contribution < -0.4 is 5.32 Å². The smallest absolute Gasteiger partial charge is 0.161 e. The Labute approximate surface area is 113 Å². The molecular weight excluding hydrogens is 238 g/mol. The second-order valence-corrected chi connectivity index (χ2v) is 6.21. The number of ketones is 1. The lowest BCUT2D eigenvalue weighted by molar-refractivity contribution is -0.115. The van der Waals surface area contributed by atoms with Crippen molar-refractivity contribution in [1.29, 1.82) is 0 Å². The monoisotopic (exact) mass is 257 g/mol. The molecule has 1 aromatic rings. The molecule has 0 unspecified atom stereocenters. The summed E-state index contributed by atoms with van der Waals surface area (Å²) in [6.07, 6.45) is 0.673. The number of benzene rings is 1. The van der Waals surface area contributed by atoms with Crippen LogP contribution in [0.2, 0.25) is 0 Å². The van der Waals surface area contributed by atoms with Crippen LogP contribution in [0.25, 0.3) is 0 Å². The standard InChI is InChI=1S/C16H19NO2/c1-9(17-11-6-4-5-7-12(11)18)14-13(19)8-10-15(14)16(10,2)3/h4-7,10,15,17-18H,8H2,1-3H3/b14-9-/t10-,15-/m0/s1. The van der Waals surface area contributed by atoms with Crippen molar-refractivity contribution in [3.05, 3.63) is 35.5 Å². The molecule has 2 atom stereocenters. The van der Waals surface area contributed by atoms with Crippen LogP contribution in [0.1, 0.15) is 27.2 Å².